The second kappa shape index (κ2) is 4.01. The van der Waals surface area contributed by atoms with Crippen LogP contribution in [0.2, 0.25) is 0 Å². The maximum Gasteiger partial charge on any atom is 0.0320 e. The molecule has 1 nitrogen and oxygen atoms in total. The Hall–Kier alpha value is -2.02. The zero-order valence-electron chi connectivity index (χ0n) is 8.48. The number of benzene rings is 2. The average molecular weight is 195 g/mol. The summed E-state index contributed by atoms with van der Waals surface area (Å²) in [6, 6.07) is 16.1. The van der Waals surface area contributed by atoms with Gasteiger partial charge in [0, 0.05) is 5.69 Å². The monoisotopic (exact) mass is 195 g/mol. The Morgan fingerprint density at radius 1 is 0.933 bits per heavy atom. The molecule has 74 valence electrons. The summed E-state index contributed by atoms with van der Waals surface area (Å²) < 4.78 is 0. The smallest absolute Gasteiger partial charge is 0.0320 e. The zero-order valence-corrected chi connectivity index (χ0v) is 8.48. The van der Waals surface area contributed by atoms with Gasteiger partial charge in [-0.3, -0.25) is 0 Å². The van der Waals surface area contributed by atoms with Gasteiger partial charge in [0.1, 0.15) is 0 Å². The maximum atomic E-state index is 5.75. The van der Waals surface area contributed by atoms with Gasteiger partial charge in [-0.25, -0.2) is 0 Å². The first-order valence-corrected chi connectivity index (χ1v) is 4.88. The molecular weight excluding hydrogens is 182 g/mol. The molecule has 0 radical (unpaired) electrons. The van der Waals surface area contributed by atoms with Crippen molar-refractivity contribution in [2.45, 2.75) is 0 Å². The molecule has 15 heavy (non-hydrogen) atoms. The highest BCUT2D eigenvalue weighted by Gasteiger charge is 1.97. The fraction of sp³-hybridized carbons (Fsp3) is 0. The molecule has 1 heteroatoms. The van der Waals surface area contributed by atoms with Crippen molar-refractivity contribution >= 4 is 11.8 Å². The third-order valence-corrected chi connectivity index (χ3v) is 2.34. The fourth-order valence-corrected chi connectivity index (χ4v) is 1.56. The Morgan fingerprint density at radius 2 is 1.60 bits per heavy atom. The minimum absolute atomic E-state index is 0.788. The predicted octanol–water partition coefficient (Wildman–Crippen LogP) is 3.58. The summed E-state index contributed by atoms with van der Waals surface area (Å²) in [4.78, 5) is 0. The van der Waals surface area contributed by atoms with Crippen molar-refractivity contribution in [3.8, 4) is 11.1 Å². The van der Waals surface area contributed by atoms with Gasteiger partial charge in [-0.05, 0) is 34.9 Å². The van der Waals surface area contributed by atoms with E-state index >= 15 is 0 Å². The third kappa shape index (κ3) is 2.08. The van der Waals surface area contributed by atoms with Gasteiger partial charge in [0.25, 0.3) is 0 Å². The Kier molecular flexibility index (Phi) is 2.55. The van der Waals surface area contributed by atoms with E-state index in [1.165, 1.54) is 5.56 Å². The summed E-state index contributed by atoms with van der Waals surface area (Å²) in [7, 11) is 0. The highest BCUT2D eigenvalue weighted by atomic mass is 14.5. The molecule has 0 saturated carbocycles. The largest absolute Gasteiger partial charge is 0.399 e. The molecule has 0 spiro atoms. The molecule has 0 saturated heterocycles. The van der Waals surface area contributed by atoms with Crippen LogP contribution in [-0.4, -0.2) is 0 Å². The zero-order chi connectivity index (χ0) is 10.7. The molecule has 0 fully saturated rings. The summed E-state index contributed by atoms with van der Waals surface area (Å²) in [5.41, 5.74) is 9.96. The average Bonchev–Trinajstić information content (AvgIpc) is 2.29. The van der Waals surface area contributed by atoms with E-state index < -0.39 is 0 Å². The van der Waals surface area contributed by atoms with Crippen LogP contribution < -0.4 is 5.73 Å². The van der Waals surface area contributed by atoms with E-state index in [9.17, 15) is 0 Å². The van der Waals surface area contributed by atoms with E-state index in [1.54, 1.807) is 0 Å². The molecule has 0 aromatic heterocycles. The highest BCUT2D eigenvalue weighted by Crippen LogP contribution is 2.22. The molecule has 0 aliphatic rings. The molecule has 2 aromatic carbocycles. The molecule has 2 rings (SSSR count). The Labute approximate surface area is 89.9 Å². The lowest BCUT2D eigenvalue weighted by Gasteiger charge is -2.03. The van der Waals surface area contributed by atoms with E-state index in [4.69, 9.17) is 5.73 Å². The number of hydrogen-bond acceptors (Lipinski definition) is 1. The van der Waals surface area contributed by atoms with Gasteiger partial charge in [0.2, 0.25) is 0 Å². The van der Waals surface area contributed by atoms with Crippen LogP contribution in [0.5, 0.6) is 0 Å². The van der Waals surface area contributed by atoms with Gasteiger partial charge in [0.15, 0.2) is 0 Å². The van der Waals surface area contributed by atoms with E-state index in [1.807, 2.05) is 36.4 Å². The number of rotatable bonds is 2. The minimum atomic E-state index is 0.788. The Balaban J connectivity index is 2.49. The first-order chi connectivity index (χ1) is 7.29. The molecule has 0 atom stereocenters. The van der Waals surface area contributed by atoms with E-state index in [-0.39, 0.29) is 0 Å². The van der Waals surface area contributed by atoms with Gasteiger partial charge in [-0.2, -0.15) is 0 Å². The molecular formula is C14H13N. The Morgan fingerprint density at radius 3 is 2.27 bits per heavy atom. The first-order valence-electron chi connectivity index (χ1n) is 4.88. The summed E-state index contributed by atoms with van der Waals surface area (Å²) in [6.07, 6.45) is 1.84. The second-order valence-electron chi connectivity index (χ2n) is 3.46. The van der Waals surface area contributed by atoms with Crippen LogP contribution in [0.15, 0.2) is 55.1 Å². The van der Waals surface area contributed by atoms with Crippen molar-refractivity contribution in [1.82, 2.24) is 0 Å². The van der Waals surface area contributed by atoms with Crippen LogP contribution in [0, 0.1) is 0 Å². The summed E-state index contributed by atoms with van der Waals surface area (Å²) >= 11 is 0. The Bertz CT molecular complexity index is 486. The summed E-state index contributed by atoms with van der Waals surface area (Å²) in [5, 5.41) is 0. The van der Waals surface area contributed by atoms with Crippen molar-refractivity contribution < 1.29 is 0 Å². The van der Waals surface area contributed by atoms with Crippen molar-refractivity contribution in [2.75, 3.05) is 5.73 Å². The number of nitrogens with two attached hydrogens (primary N) is 1. The lowest BCUT2D eigenvalue weighted by Crippen LogP contribution is -1.85. The molecule has 0 bridgehead atoms. The predicted molar refractivity (Wildman–Crippen MR) is 66.4 cm³/mol. The van der Waals surface area contributed by atoms with Crippen LogP contribution in [0.1, 0.15) is 5.56 Å². The number of anilines is 1. The lowest BCUT2D eigenvalue weighted by molar-refractivity contribution is 1.59. The minimum Gasteiger partial charge on any atom is -0.399 e. The van der Waals surface area contributed by atoms with Crippen LogP contribution in [0.3, 0.4) is 0 Å². The van der Waals surface area contributed by atoms with E-state index in [0.29, 0.717) is 0 Å². The quantitative estimate of drug-likeness (QED) is 0.728. The van der Waals surface area contributed by atoms with Crippen molar-refractivity contribution in [2.24, 2.45) is 0 Å². The third-order valence-electron chi connectivity index (χ3n) is 2.34. The highest BCUT2D eigenvalue weighted by molar-refractivity contribution is 5.69. The van der Waals surface area contributed by atoms with Crippen LogP contribution in [0.25, 0.3) is 17.2 Å². The molecule has 0 aliphatic carbocycles. The van der Waals surface area contributed by atoms with E-state index in [2.05, 4.69) is 24.8 Å². The van der Waals surface area contributed by atoms with Crippen molar-refractivity contribution in [1.29, 1.82) is 0 Å². The molecule has 2 aromatic rings. The lowest BCUT2D eigenvalue weighted by atomic mass is 10.0. The fourth-order valence-electron chi connectivity index (χ4n) is 1.56. The second-order valence-corrected chi connectivity index (χ2v) is 3.46. The van der Waals surface area contributed by atoms with Gasteiger partial charge in [0.05, 0.1) is 0 Å². The SMILES string of the molecule is C=Cc1cccc(-c2cccc(N)c2)c1. The molecule has 0 aliphatic heterocycles. The number of hydrogen-bond donors (Lipinski definition) is 1. The topological polar surface area (TPSA) is 26.0 Å². The van der Waals surface area contributed by atoms with Crippen molar-refractivity contribution in [3.05, 3.63) is 60.7 Å². The van der Waals surface area contributed by atoms with Gasteiger partial charge in [-0.15, -0.1) is 0 Å². The van der Waals surface area contributed by atoms with Gasteiger partial charge in [-0.1, -0.05) is 43.0 Å². The van der Waals surface area contributed by atoms with Crippen LogP contribution >= 0.6 is 0 Å². The maximum absolute atomic E-state index is 5.75. The first kappa shape index (κ1) is 9.53. The molecule has 0 heterocycles. The standard InChI is InChI=1S/C14H13N/c1-2-11-5-3-6-12(9-11)13-7-4-8-14(15)10-13/h2-10H,1,15H2. The summed E-state index contributed by atoms with van der Waals surface area (Å²) in [6.45, 7) is 3.76. The van der Waals surface area contributed by atoms with Crippen LogP contribution in [0.4, 0.5) is 5.69 Å². The van der Waals surface area contributed by atoms with Gasteiger partial charge >= 0.3 is 0 Å². The van der Waals surface area contributed by atoms with E-state index in [0.717, 1.165) is 16.8 Å². The molecule has 0 unspecified atom stereocenters. The van der Waals surface area contributed by atoms with Gasteiger partial charge < -0.3 is 5.73 Å². The van der Waals surface area contributed by atoms with Crippen LogP contribution in [-0.2, 0) is 0 Å². The normalized spacial score (nSPS) is 9.87. The van der Waals surface area contributed by atoms with Crippen molar-refractivity contribution in [3.63, 3.8) is 0 Å². The number of nitrogen functional groups attached to an aromatic ring is 1. The molecule has 0 amide bonds. The molecule has 2 N–H and O–H groups in total. The summed E-state index contributed by atoms with van der Waals surface area (Å²) in [5.74, 6) is 0.